The largest absolute Gasteiger partial charge is 0.756 e. The molecular weight excluding hydrogens is 856 g/mol. The fourth-order valence-electron chi connectivity index (χ4n) is 8.70. The summed E-state index contributed by atoms with van der Waals surface area (Å²) in [6.45, 7) is 6.87. The van der Waals surface area contributed by atoms with Gasteiger partial charge in [-0.1, -0.05) is 258 Å². The molecule has 0 aliphatic rings. The Morgan fingerprint density at radius 2 is 0.851 bits per heavy atom. The Morgan fingerprint density at radius 3 is 1.22 bits per heavy atom. The Morgan fingerprint density at radius 1 is 0.507 bits per heavy atom. The van der Waals surface area contributed by atoms with Crippen LogP contribution in [0.25, 0.3) is 0 Å². The fourth-order valence-corrected chi connectivity index (χ4v) is 9.42. The summed E-state index contributed by atoms with van der Waals surface area (Å²) in [5, 5.41) is 3.03. The second-order valence-electron chi connectivity index (χ2n) is 21.2. The molecule has 0 radical (unpaired) electrons. The lowest BCUT2D eigenvalue weighted by Gasteiger charge is -2.30. The lowest BCUT2D eigenvalue weighted by Crippen LogP contribution is -2.47. The summed E-state index contributed by atoms with van der Waals surface area (Å²) < 4.78 is 30.2. The number of ether oxygens (including phenoxy) is 1. The number of phosphoric ester groups is 1. The highest BCUT2D eigenvalue weighted by atomic mass is 31.2. The lowest BCUT2D eigenvalue weighted by atomic mass is 10.0. The topological polar surface area (TPSA) is 114 Å². The van der Waals surface area contributed by atoms with Gasteiger partial charge in [0.05, 0.1) is 33.8 Å². The lowest BCUT2D eigenvalue weighted by molar-refractivity contribution is -0.870. The number of carbonyl (C=O) groups is 2. The van der Waals surface area contributed by atoms with E-state index in [9.17, 15) is 19.0 Å². The number of nitrogens with one attached hydrogen (secondary N) is 1. The normalized spacial score (nSPS) is 13.8. The predicted octanol–water partition coefficient (Wildman–Crippen LogP) is 16.6. The minimum atomic E-state index is -4.68. The standard InChI is InChI=1S/C57H113N2O7P/c1-7-10-13-16-19-22-25-27-29-31-34-37-40-43-46-49-56(60)58-54(53-65-67(62,63)64-52-51-59(4,5)6)55(48-45-42-39-36-33-24-21-18-15-12-9-3)66-57(61)50-47-44-41-38-35-32-30-28-26-23-20-17-14-11-8-2/h45,48,54-55H,7-44,46-47,49-53H2,1-6H3,(H-,58,60,62,63)/b48-45+. The summed E-state index contributed by atoms with van der Waals surface area (Å²) in [7, 11) is 1.20. The quantitative estimate of drug-likeness (QED) is 0.0212. The number of phosphoric acid groups is 1. The van der Waals surface area contributed by atoms with Crippen molar-refractivity contribution in [2.45, 2.75) is 303 Å². The first kappa shape index (κ1) is 65.8. The van der Waals surface area contributed by atoms with Gasteiger partial charge in [-0.15, -0.1) is 0 Å². The highest BCUT2D eigenvalue weighted by Crippen LogP contribution is 2.38. The van der Waals surface area contributed by atoms with Crippen LogP contribution in [0.5, 0.6) is 0 Å². The maximum Gasteiger partial charge on any atom is 0.306 e. The molecule has 0 aliphatic carbocycles. The van der Waals surface area contributed by atoms with Crippen LogP contribution in [0.1, 0.15) is 290 Å². The number of allylic oxidation sites excluding steroid dienone is 1. The van der Waals surface area contributed by atoms with E-state index >= 15 is 0 Å². The number of carbonyl (C=O) groups excluding carboxylic acids is 2. The number of esters is 1. The van der Waals surface area contributed by atoms with Crippen molar-refractivity contribution in [1.82, 2.24) is 5.32 Å². The zero-order valence-corrected chi connectivity index (χ0v) is 46.3. The van der Waals surface area contributed by atoms with E-state index in [-0.39, 0.29) is 31.5 Å². The van der Waals surface area contributed by atoms with E-state index in [1.54, 1.807) is 0 Å². The van der Waals surface area contributed by atoms with Crippen LogP contribution in [0.15, 0.2) is 12.2 Å². The molecule has 0 aliphatic heterocycles. The first-order chi connectivity index (χ1) is 32.4. The van der Waals surface area contributed by atoms with Crippen LogP contribution >= 0.6 is 7.82 Å². The molecule has 0 rings (SSSR count). The van der Waals surface area contributed by atoms with E-state index < -0.39 is 20.0 Å². The van der Waals surface area contributed by atoms with Crippen molar-refractivity contribution in [2.24, 2.45) is 0 Å². The van der Waals surface area contributed by atoms with Gasteiger partial charge in [-0.05, 0) is 31.8 Å². The average Bonchev–Trinajstić information content (AvgIpc) is 3.28. The molecule has 0 bridgehead atoms. The van der Waals surface area contributed by atoms with Crippen molar-refractivity contribution in [3.05, 3.63) is 12.2 Å². The van der Waals surface area contributed by atoms with E-state index in [2.05, 4.69) is 26.1 Å². The smallest absolute Gasteiger partial charge is 0.306 e. The van der Waals surface area contributed by atoms with Crippen LogP contribution in [0, 0.1) is 0 Å². The summed E-state index contributed by atoms with van der Waals surface area (Å²) in [6.07, 6.45) is 53.1. The molecule has 0 saturated carbocycles. The molecule has 0 heterocycles. The van der Waals surface area contributed by atoms with Gasteiger partial charge in [-0.3, -0.25) is 14.2 Å². The van der Waals surface area contributed by atoms with Crippen LogP contribution in [0.4, 0.5) is 0 Å². The fraction of sp³-hybridized carbons (Fsp3) is 0.930. The SMILES string of the molecule is CCCCCCCCCCC/C=C/C(OC(=O)CCCCCCCCCCCCCCCCC)C(COP(=O)([O-])OCC[N+](C)(C)C)NC(=O)CCCCCCCCCCCCCCCCC. The zero-order chi connectivity index (χ0) is 49.4. The Balaban J connectivity index is 5.27. The van der Waals surface area contributed by atoms with E-state index in [0.29, 0.717) is 17.4 Å². The van der Waals surface area contributed by atoms with Gasteiger partial charge in [0.25, 0.3) is 7.82 Å². The molecule has 67 heavy (non-hydrogen) atoms. The molecule has 398 valence electrons. The van der Waals surface area contributed by atoms with Gasteiger partial charge in [0.15, 0.2) is 0 Å². The van der Waals surface area contributed by atoms with Crippen LogP contribution in [0.2, 0.25) is 0 Å². The Bertz CT molecular complexity index is 1160. The number of quaternary nitrogens is 1. The van der Waals surface area contributed by atoms with Gasteiger partial charge in [-0.2, -0.15) is 0 Å². The van der Waals surface area contributed by atoms with Gasteiger partial charge in [0.2, 0.25) is 5.91 Å². The van der Waals surface area contributed by atoms with Crippen molar-refractivity contribution in [3.63, 3.8) is 0 Å². The van der Waals surface area contributed by atoms with Gasteiger partial charge >= 0.3 is 5.97 Å². The molecule has 10 heteroatoms. The number of nitrogens with zero attached hydrogens (tertiary/aromatic N) is 1. The van der Waals surface area contributed by atoms with Gasteiger partial charge < -0.3 is 28.5 Å². The maximum atomic E-state index is 13.5. The molecule has 9 nitrogen and oxygen atoms in total. The molecule has 3 atom stereocenters. The number of hydrogen-bond donors (Lipinski definition) is 1. The van der Waals surface area contributed by atoms with E-state index in [1.807, 2.05) is 33.3 Å². The van der Waals surface area contributed by atoms with Gasteiger partial charge in [-0.25, -0.2) is 0 Å². The van der Waals surface area contributed by atoms with Crippen molar-refractivity contribution >= 4 is 19.7 Å². The number of rotatable bonds is 53. The molecule has 0 fully saturated rings. The number of likely N-dealkylation sites (N-methyl/N-ethyl adjacent to an activating group) is 1. The molecular formula is C57H113N2O7P. The minimum Gasteiger partial charge on any atom is -0.756 e. The third kappa shape index (κ3) is 49.5. The number of amides is 1. The third-order valence-electron chi connectivity index (χ3n) is 13.2. The number of unbranched alkanes of at least 4 members (excludes halogenated alkanes) is 37. The maximum absolute atomic E-state index is 13.5. The Hall–Kier alpha value is -1.25. The molecule has 1 N–H and O–H groups in total. The van der Waals surface area contributed by atoms with Crippen LogP contribution < -0.4 is 10.2 Å². The van der Waals surface area contributed by atoms with Crippen molar-refractivity contribution < 1.29 is 37.3 Å². The van der Waals surface area contributed by atoms with Gasteiger partial charge in [0, 0.05) is 12.8 Å². The number of hydrogen-bond acceptors (Lipinski definition) is 7. The molecule has 0 aromatic heterocycles. The van der Waals surface area contributed by atoms with Crippen LogP contribution in [-0.2, 0) is 27.9 Å². The summed E-state index contributed by atoms with van der Waals surface area (Å²) in [6, 6.07) is -0.877. The highest BCUT2D eigenvalue weighted by molar-refractivity contribution is 7.45. The molecule has 0 aromatic carbocycles. The molecule has 1 amide bonds. The van der Waals surface area contributed by atoms with Crippen molar-refractivity contribution in [2.75, 3.05) is 40.9 Å². The summed E-state index contributed by atoms with van der Waals surface area (Å²) >= 11 is 0. The highest BCUT2D eigenvalue weighted by Gasteiger charge is 2.27. The monoisotopic (exact) mass is 969 g/mol. The zero-order valence-electron chi connectivity index (χ0n) is 45.4. The third-order valence-corrected chi connectivity index (χ3v) is 14.2. The first-order valence-corrected chi connectivity index (χ1v) is 30.5. The van der Waals surface area contributed by atoms with Crippen LogP contribution in [-0.4, -0.2) is 69.4 Å². The van der Waals surface area contributed by atoms with Gasteiger partial charge in [0.1, 0.15) is 19.3 Å². The summed E-state index contributed by atoms with van der Waals surface area (Å²) in [5.74, 6) is -0.524. The molecule has 0 saturated heterocycles. The minimum absolute atomic E-state index is 0.0171. The van der Waals surface area contributed by atoms with E-state index in [0.717, 1.165) is 57.8 Å². The average molecular weight is 970 g/mol. The van der Waals surface area contributed by atoms with Crippen molar-refractivity contribution in [1.29, 1.82) is 0 Å². The molecule has 0 aromatic rings. The van der Waals surface area contributed by atoms with Crippen molar-refractivity contribution in [3.8, 4) is 0 Å². The van der Waals surface area contributed by atoms with E-state index in [1.165, 1.54) is 199 Å². The first-order valence-electron chi connectivity index (χ1n) is 29.0. The molecule has 0 spiro atoms. The second-order valence-corrected chi connectivity index (χ2v) is 22.6. The van der Waals surface area contributed by atoms with E-state index in [4.69, 9.17) is 13.8 Å². The Labute approximate surface area is 416 Å². The summed E-state index contributed by atoms with van der Waals surface area (Å²) in [5.41, 5.74) is 0. The molecule has 3 unspecified atom stereocenters. The second kappa shape index (κ2) is 48.4. The predicted molar refractivity (Wildman–Crippen MR) is 284 cm³/mol. The summed E-state index contributed by atoms with van der Waals surface area (Å²) in [4.78, 5) is 39.8. The van der Waals surface area contributed by atoms with Crippen LogP contribution in [0.3, 0.4) is 0 Å². The Kier molecular flexibility index (Phi) is 47.5.